The largest absolute Gasteiger partial charge is 0.493 e. The van der Waals surface area contributed by atoms with Crippen LogP contribution in [0.25, 0.3) is 16.9 Å². The second kappa shape index (κ2) is 8.91. The second-order valence-electron chi connectivity index (χ2n) is 7.62. The van der Waals surface area contributed by atoms with Crippen LogP contribution in [0.15, 0.2) is 34.9 Å². The van der Waals surface area contributed by atoms with Gasteiger partial charge in [-0.15, -0.1) is 0 Å². The summed E-state index contributed by atoms with van der Waals surface area (Å²) in [7, 11) is 1.58. The standard InChI is InChI=1S/C21H25BrN4O4/c1-13-19(22)26-18(24-13)9-7-15(25-26)14-6-8-16(17(12-14)28-5)29-11-10-23-20(27)30-21(2,3)4/h6-9,12H,10-11H2,1-5H3,(H,23,27). The average molecular weight is 477 g/mol. The Hall–Kier alpha value is -2.81. The predicted octanol–water partition coefficient (Wildman–Crippen LogP) is 4.38. The fraction of sp³-hybridized carbons (Fsp3) is 0.381. The van der Waals surface area contributed by atoms with Crippen LogP contribution in [-0.4, -0.2) is 46.6 Å². The highest BCUT2D eigenvalue weighted by atomic mass is 79.9. The number of aromatic nitrogens is 3. The number of alkyl carbamates (subject to hydrolysis) is 1. The van der Waals surface area contributed by atoms with E-state index in [2.05, 4.69) is 31.3 Å². The normalized spacial score (nSPS) is 11.4. The number of carbonyl (C=O) groups is 1. The fourth-order valence-electron chi connectivity index (χ4n) is 2.75. The summed E-state index contributed by atoms with van der Waals surface area (Å²) in [5.41, 5.74) is 2.77. The molecule has 2 aromatic heterocycles. The van der Waals surface area contributed by atoms with Gasteiger partial charge in [0.1, 0.15) is 16.8 Å². The maximum absolute atomic E-state index is 11.7. The number of hydrogen-bond donors (Lipinski definition) is 1. The molecule has 0 aliphatic heterocycles. The van der Waals surface area contributed by atoms with Gasteiger partial charge in [0.2, 0.25) is 0 Å². The van der Waals surface area contributed by atoms with Gasteiger partial charge in [-0.05, 0) is 74.0 Å². The maximum atomic E-state index is 11.7. The van der Waals surface area contributed by atoms with Crippen LogP contribution in [0.3, 0.4) is 0 Å². The van der Waals surface area contributed by atoms with E-state index in [-0.39, 0.29) is 6.61 Å². The summed E-state index contributed by atoms with van der Waals surface area (Å²) in [5.74, 6) is 1.15. The zero-order chi connectivity index (χ0) is 21.9. The SMILES string of the molecule is COc1cc(-c2ccc3nc(C)c(Br)n3n2)ccc1OCCNC(=O)OC(C)(C)C. The van der Waals surface area contributed by atoms with Crippen LogP contribution in [0, 0.1) is 6.92 Å². The van der Waals surface area contributed by atoms with Crippen LogP contribution in [-0.2, 0) is 4.74 Å². The topological polar surface area (TPSA) is 87.0 Å². The molecule has 0 radical (unpaired) electrons. The van der Waals surface area contributed by atoms with E-state index >= 15 is 0 Å². The average Bonchev–Trinajstić information content (AvgIpc) is 2.97. The number of nitrogens with zero attached hydrogens (tertiary/aromatic N) is 3. The molecular weight excluding hydrogens is 452 g/mol. The van der Waals surface area contributed by atoms with E-state index in [0.717, 1.165) is 27.2 Å². The van der Waals surface area contributed by atoms with Gasteiger partial charge in [-0.3, -0.25) is 0 Å². The van der Waals surface area contributed by atoms with Crippen molar-refractivity contribution in [3.8, 4) is 22.8 Å². The van der Waals surface area contributed by atoms with Gasteiger partial charge >= 0.3 is 6.09 Å². The highest BCUT2D eigenvalue weighted by molar-refractivity contribution is 9.10. The molecule has 8 nitrogen and oxygen atoms in total. The number of rotatable bonds is 6. The third-order valence-electron chi connectivity index (χ3n) is 4.07. The molecule has 3 aromatic rings. The van der Waals surface area contributed by atoms with Crippen molar-refractivity contribution >= 4 is 27.7 Å². The number of aryl methyl sites for hydroxylation is 1. The summed E-state index contributed by atoms with van der Waals surface area (Å²) in [6.45, 7) is 7.95. The van der Waals surface area contributed by atoms with Gasteiger partial charge in [0.15, 0.2) is 17.1 Å². The van der Waals surface area contributed by atoms with E-state index in [1.807, 2.05) is 58.0 Å². The van der Waals surface area contributed by atoms with Crippen LogP contribution in [0.1, 0.15) is 26.5 Å². The van der Waals surface area contributed by atoms with Crippen molar-refractivity contribution < 1.29 is 19.0 Å². The first kappa shape index (κ1) is 21.9. The van der Waals surface area contributed by atoms with Gasteiger partial charge in [-0.25, -0.2) is 14.3 Å². The summed E-state index contributed by atoms with van der Waals surface area (Å²) in [5, 5.41) is 7.30. The van der Waals surface area contributed by atoms with Gasteiger partial charge in [-0.1, -0.05) is 0 Å². The van der Waals surface area contributed by atoms with Gasteiger partial charge in [0, 0.05) is 5.56 Å². The molecule has 9 heteroatoms. The van der Waals surface area contributed by atoms with Crippen molar-refractivity contribution in [2.45, 2.75) is 33.3 Å². The Balaban J connectivity index is 1.68. The van der Waals surface area contributed by atoms with E-state index in [0.29, 0.717) is 18.0 Å². The number of nitrogens with one attached hydrogen (secondary N) is 1. The molecule has 2 heterocycles. The molecule has 0 bridgehead atoms. The highest BCUT2D eigenvalue weighted by Gasteiger charge is 2.16. The second-order valence-corrected chi connectivity index (χ2v) is 8.37. The molecule has 0 aliphatic carbocycles. The zero-order valence-corrected chi connectivity index (χ0v) is 19.2. The number of halogens is 1. The first-order valence-corrected chi connectivity index (χ1v) is 10.3. The Kier molecular flexibility index (Phi) is 6.50. The summed E-state index contributed by atoms with van der Waals surface area (Å²) < 4.78 is 19.0. The van der Waals surface area contributed by atoms with Crippen molar-refractivity contribution in [3.05, 3.63) is 40.6 Å². The van der Waals surface area contributed by atoms with Crippen LogP contribution in [0.4, 0.5) is 4.79 Å². The molecule has 0 saturated heterocycles. The van der Waals surface area contributed by atoms with Crippen molar-refractivity contribution in [1.82, 2.24) is 19.9 Å². The number of carbonyl (C=O) groups excluding carboxylic acids is 1. The molecule has 0 spiro atoms. The van der Waals surface area contributed by atoms with Crippen LogP contribution in [0.2, 0.25) is 0 Å². The Morgan fingerprint density at radius 1 is 1.20 bits per heavy atom. The molecule has 160 valence electrons. The molecule has 30 heavy (non-hydrogen) atoms. The first-order valence-electron chi connectivity index (χ1n) is 9.48. The lowest BCUT2D eigenvalue weighted by molar-refractivity contribution is 0.0520. The minimum absolute atomic E-state index is 0.278. The Morgan fingerprint density at radius 2 is 1.97 bits per heavy atom. The fourth-order valence-corrected chi connectivity index (χ4v) is 3.09. The zero-order valence-electron chi connectivity index (χ0n) is 17.7. The van der Waals surface area contributed by atoms with Gasteiger partial charge < -0.3 is 19.5 Å². The van der Waals surface area contributed by atoms with Crippen molar-refractivity contribution in [3.63, 3.8) is 0 Å². The third-order valence-corrected chi connectivity index (χ3v) is 4.98. The Bertz CT molecular complexity index is 1060. The number of methoxy groups -OCH3 is 1. The lowest BCUT2D eigenvalue weighted by atomic mass is 10.1. The molecule has 0 aliphatic rings. The lowest BCUT2D eigenvalue weighted by Gasteiger charge is -2.19. The smallest absolute Gasteiger partial charge is 0.407 e. The summed E-state index contributed by atoms with van der Waals surface area (Å²) in [6.07, 6.45) is -0.476. The van der Waals surface area contributed by atoms with E-state index < -0.39 is 11.7 Å². The van der Waals surface area contributed by atoms with Crippen molar-refractivity contribution in [1.29, 1.82) is 0 Å². The highest BCUT2D eigenvalue weighted by Crippen LogP contribution is 2.32. The van der Waals surface area contributed by atoms with Crippen molar-refractivity contribution in [2.24, 2.45) is 0 Å². The first-order chi connectivity index (χ1) is 14.2. The third kappa shape index (κ3) is 5.21. The summed E-state index contributed by atoms with van der Waals surface area (Å²) in [6, 6.07) is 9.42. The molecule has 0 fully saturated rings. The van der Waals surface area contributed by atoms with Gasteiger partial charge in [0.05, 0.1) is 25.0 Å². The molecule has 1 N–H and O–H groups in total. The molecule has 1 amide bonds. The Labute approximate surface area is 183 Å². The molecule has 0 unspecified atom stereocenters. The quantitative estimate of drug-likeness (QED) is 0.531. The number of ether oxygens (including phenoxy) is 3. The van der Waals surface area contributed by atoms with Crippen molar-refractivity contribution in [2.75, 3.05) is 20.3 Å². The number of fused-ring (bicyclic) bond motifs is 1. The minimum atomic E-state index is -0.536. The molecule has 0 saturated carbocycles. The van der Waals surface area contributed by atoms with Crippen LogP contribution in [0.5, 0.6) is 11.5 Å². The lowest BCUT2D eigenvalue weighted by Crippen LogP contribution is -2.34. The van der Waals surface area contributed by atoms with E-state index in [4.69, 9.17) is 14.2 Å². The van der Waals surface area contributed by atoms with Gasteiger partial charge in [0.25, 0.3) is 0 Å². The summed E-state index contributed by atoms with van der Waals surface area (Å²) in [4.78, 5) is 16.1. The Morgan fingerprint density at radius 3 is 2.67 bits per heavy atom. The summed E-state index contributed by atoms with van der Waals surface area (Å²) >= 11 is 3.51. The number of benzene rings is 1. The van der Waals surface area contributed by atoms with Crippen LogP contribution < -0.4 is 14.8 Å². The molecule has 3 rings (SSSR count). The maximum Gasteiger partial charge on any atom is 0.407 e. The van der Waals surface area contributed by atoms with E-state index in [9.17, 15) is 4.79 Å². The van der Waals surface area contributed by atoms with Crippen LogP contribution >= 0.6 is 15.9 Å². The van der Waals surface area contributed by atoms with E-state index in [1.165, 1.54) is 0 Å². The minimum Gasteiger partial charge on any atom is -0.493 e. The van der Waals surface area contributed by atoms with E-state index in [1.54, 1.807) is 11.6 Å². The molecule has 1 aromatic carbocycles. The molecular formula is C21H25BrN4O4. The monoisotopic (exact) mass is 476 g/mol. The number of amides is 1. The molecule has 0 atom stereocenters. The predicted molar refractivity (Wildman–Crippen MR) is 117 cm³/mol. The number of imidazole rings is 1. The number of hydrogen-bond acceptors (Lipinski definition) is 6. The van der Waals surface area contributed by atoms with Gasteiger partial charge in [-0.2, -0.15) is 5.10 Å².